The number of anilines is 5. The van der Waals surface area contributed by atoms with Crippen LogP contribution in [0.4, 0.5) is 34.1 Å². The second-order valence-electron chi connectivity index (χ2n) is 8.43. The zero-order valence-corrected chi connectivity index (χ0v) is 19.9. The lowest BCUT2D eigenvalue weighted by molar-refractivity contribution is -0.671. The van der Waals surface area contributed by atoms with Gasteiger partial charge in [0, 0.05) is 64.2 Å². The van der Waals surface area contributed by atoms with Crippen LogP contribution < -0.4 is 20.5 Å². The number of pyridine rings is 2. The van der Waals surface area contributed by atoms with E-state index in [-0.39, 0.29) is 11.6 Å². The van der Waals surface area contributed by atoms with Crippen molar-refractivity contribution in [1.82, 2.24) is 4.98 Å². The van der Waals surface area contributed by atoms with Gasteiger partial charge in [-0.25, -0.2) is 4.57 Å². The molecule has 0 aliphatic heterocycles. The minimum Gasteiger partial charge on any atom is -0.355 e. The lowest BCUT2D eigenvalue weighted by Crippen LogP contribution is -2.25. The van der Waals surface area contributed by atoms with Gasteiger partial charge in [-0.3, -0.25) is 19.9 Å². The van der Waals surface area contributed by atoms with E-state index in [1.807, 2.05) is 60.4 Å². The first-order valence-corrected chi connectivity index (χ1v) is 11.5. The topological polar surface area (TPSA) is 113 Å². The number of carbonyl (C=O) groups excluding carboxylic acids is 1. The van der Waals surface area contributed by atoms with Crippen LogP contribution in [0.2, 0.25) is 0 Å². The Labute approximate surface area is 212 Å². The number of fused-ring (bicyclic) bond motifs is 1. The van der Waals surface area contributed by atoms with Gasteiger partial charge in [0.2, 0.25) is 0 Å². The van der Waals surface area contributed by atoms with Crippen molar-refractivity contribution in [2.45, 2.75) is 0 Å². The number of hydrogen-bond donors (Lipinski definition) is 3. The van der Waals surface area contributed by atoms with E-state index < -0.39 is 4.92 Å². The zero-order chi connectivity index (χ0) is 25.8. The van der Waals surface area contributed by atoms with Crippen molar-refractivity contribution in [1.29, 1.82) is 0 Å². The van der Waals surface area contributed by atoms with Crippen LogP contribution in [-0.4, -0.2) is 15.8 Å². The van der Waals surface area contributed by atoms with E-state index in [4.69, 9.17) is 0 Å². The molecule has 0 bridgehead atoms. The zero-order valence-electron chi connectivity index (χ0n) is 19.9. The van der Waals surface area contributed by atoms with Crippen molar-refractivity contribution in [2.24, 2.45) is 7.05 Å². The number of nitrogens with zero attached hydrogens (tertiary/aromatic N) is 3. The molecule has 0 atom stereocenters. The van der Waals surface area contributed by atoms with Crippen LogP contribution in [0.15, 0.2) is 104 Å². The predicted molar refractivity (Wildman–Crippen MR) is 143 cm³/mol. The number of nitro benzene ring substituents is 1. The minimum atomic E-state index is -0.443. The minimum absolute atomic E-state index is 0.0110. The molecule has 3 aromatic carbocycles. The summed E-state index contributed by atoms with van der Waals surface area (Å²) in [7, 11) is 1.96. The number of hydrogen-bond acceptors (Lipinski definition) is 6. The van der Waals surface area contributed by atoms with Crippen molar-refractivity contribution in [3.05, 3.63) is 119 Å². The van der Waals surface area contributed by atoms with E-state index in [9.17, 15) is 14.9 Å². The Hall–Kier alpha value is -5.31. The number of nitrogens with one attached hydrogen (secondary N) is 3. The van der Waals surface area contributed by atoms with Crippen molar-refractivity contribution >= 4 is 50.9 Å². The normalized spacial score (nSPS) is 10.6. The summed E-state index contributed by atoms with van der Waals surface area (Å²) in [4.78, 5) is 27.7. The number of nitro groups is 1. The van der Waals surface area contributed by atoms with Crippen molar-refractivity contribution in [3.8, 4) is 0 Å². The maximum absolute atomic E-state index is 12.8. The Morgan fingerprint density at radius 1 is 0.838 bits per heavy atom. The van der Waals surface area contributed by atoms with Crippen LogP contribution in [0.5, 0.6) is 0 Å². The Balaban J connectivity index is 1.26. The Morgan fingerprint density at radius 3 is 2.32 bits per heavy atom. The summed E-state index contributed by atoms with van der Waals surface area (Å²) < 4.78 is 1.95. The van der Waals surface area contributed by atoms with Gasteiger partial charge in [-0.15, -0.1) is 0 Å². The molecule has 0 spiro atoms. The molecule has 5 rings (SSSR count). The molecule has 0 saturated carbocycles. The summed E-state index contributed by atoms with van der Waals surface area (Å²) in [6, 6.07) is 24.9. The molecule has 2 aromatic heterocycles. The summed E-state index contributed by atoms with van der Waals surface area (Å²) in [6.07, 6.45) is 5.50. The highest BCUT2D eigenvalue weighted by atomic mass is 16.6. The Bertz CT molecular complexity index is 1600. The van der Waals surface area contributed by atoms with Gasteiger partial charge >= 0.3 is 0 Å². The molecule has 0 aliphatic carbocycles. The maximum Gasteiger partial charge on any atom is 0.271 e. The van der Waals surface area contributed by atoms with Gasteiger partial charge in [0.25, 0.3) is 11.6 Å². The number of aromatic nitrogens is 2. The van der Waals surface area contributed by atoms with E-state index in [1.165, 1.54) is 12.1 Å². The molecule has 0 radical (unpaired) electrons. The van der Waals surface area contributed by atoms with Crippen LogP contribution in [-0.2, 0) is 7.05 Å². The van der Waals surface area contributed by atoms with Gasteiger partial charge in [0.1, 0.15) is 7.05 Å². The van der Waals surface area contributed by atoms with Gasteiger partial charge < -0.3 is 16.0 Å². The summed E-state index contributed by atoms with van der Waals surface area (Å²) >= 11 is 0. The van der Waals surface area contributed by atoms with E-state index in [0.29, 0.717) is 16.8 Å². The van der Waals surface area contributed by atoms with Gasteiger partial charge in [0.05, 0.1) is 16.1 Å². The Kier molecular flexibility index (Phi) is 6.41. The molecule has 9 nitrogen and oxygen atoms in total. The first kappa shape index (κ1) is 23.4. The molecule has 1 amide bonds. The quantitative estimate of drug-likeness (QED) is 0.153. The summed E-state index contributed by atoms with van der Waals surface area (Å²) in [5.74, 6) is -0.225. The van der Waals surface area contributed by atoms with Gasteiger partial charge in [0.15, 0.2) is 12.4 Å². The number of rotatable bonds is 7. The molecule has 0 fully saturated rings. The summed E-state index contributed by atoms with van der Waals surface area (Å²) in [6.45, 7) is 0. The monoisotopic (exact) mass is 491 g/mol. The molecule has 9 heteroatoms. The van der Waals surface area contributed by atoms with Crippen molar-refractivity contribution in [3.63, 3.8) is 0 Å². The highest BCUT2D eigenvalue weighted by Gasteiger charge is 2.11. The third kappa shape index (κ3) is 5.51. The highest BCUT2D eigenvalue weighted by Crippen LogP contribution is 2.28. The standard InChI is InChI=1S/C28H22N6O3/c1-33-15-12-21(13-16-33)30-22-3-2-4-23(17-22)32-28(35)19-5-7-20(8-6-19)31-26-11-14-29-27-18-24(34(36)37)9-10-25(26)27/h2-18H,1H3,(H2,29,31,32,35)/p+1. The van der Waals surface area contributed by atoms with E-state index in [1.54, 1.807) is 42.6 Å². The van der Waals surface area contributed by atoms with Crippen LogP contribution in [0.25, 0.3) is 10.9 Å². The fraction of sp³-hybridized carbons (Fsp3) is 0.0357. The molecular weight excluding hydrogens is 468 g/mol. The molecule has 0 unspecified atom stereocenters. The van der Waals surface area contributed by atoms with Gasteiger partial charge in [-0.2, -0.15) is 0 Å². The predicted octanol–water partition coefficient (Wildman–Crippen LogP) is 5.71. The molecule has 3 N–H and O–H groups in total. The number of carbonyl (C=O) groups is 1. The molecule has 0 aliphatic rings. The molecule has 5 aromatic rings. The lowest BCUT2D eigenvalue weighted by Gasteiger charge is -2.11. The first-order chi connectivity index (χ1) is 17.9. The second kappa shape index (κ2) is 10.1. The van der Waals surface area contributed by atoms with Crippen LogP contribution in [0.3, 0.4) is 0 Å². The van der Waals surface area contributed by atoms with Crippen LogP contribution >= 0.6 is 0 Å². The van der Waals surface area contributed by atoms with Crippen LogP contribution in [0.1, 0.15) is 10.4 Å². The molecule has 0 saturated heterocycles. The number of aryl methyl sites for hydroxylation is 1. The Morgan fingerprint density at radius 2 is 1.57 bits per heavy atom. The third-order valence-electron chi connectivity index (χ3n) is 5.75. The molecule has 182 valence electrons. The molecule has 37 heavy (non-hydrogen) atoms. The first-order valence-electron chi connectivity index (χ1n) is 11.5. The largest absolute Gasteiger partial charge is 0.355 e. The van der Waals surface area contributed by atoms with Crippen molar-refractivity contribution < 1.29 is 14.3 Å². The smallest absolute Gasteiger partial charge is 0.271 e. The summed E-state index contributed by atoms with van der Waals surface area (Å²) in [5.41, 5.74) is 5.03. The average Bonchev–Trinajstić information content (AvgIpc) is 2.90. The number of non-ortho nitro benzene ring substituents is 1. The van der Waals surface area contributed by atoms with E-state index in [0.717, 1.165) is 28.1 Å². The fourth-order valence-electron chi connectivity index (χ4n) is 3.85. The number of amides is 1. The fourth-order valence-corrected chi connectivity index (χ4v) is 3.85. The highest BCUT2D eigenvalue weighted by molar-refractivity contribution is 6.04. The molecule has 2 heterocycles. The SMILES string of the molecule is C[n+]1ccc(Nc2cccc(NC(=O)c3ccc(Nc4ccnc5cc([N+](=O)[O-])ccc45)cc3)c2)cc1. The molecular formula is C28H23N6O3+. The van der Waals surface area contributed by atoms with E-state index in [2.05, 4.69) is 20.9 Å². The van der Waals surface area contributed by atoms with Gasteiger partial charge in [-0.1, -0.05) is 6.07 Å². The van der Waals surface area contributed by atoms with E-state index >= 15 is 0 Å². The average molecular weight is 492 g/mol. The third-order valence-corrected chi connectivity index (χ3v) is 5.75. The summed E-state index contributed by atoms with van der Waals surface area (Å²) in [5, 5.41) is 21.4. The van der Waals surface area contributed by atoms with Gasteiger partial charge in [-0.05, 0) is 54.6 Å². The maximum atomic E-state index is 12.8. The van der Waals surface area contributed by atoms with Crippen molar-refractivity contribution in [2.75, 3.05) is 16.0 Å². The number of benzene rings is 3. The van der Waals surface area contributed by atoms with Crippen LogP contribution in [0, 0.1) is 10.1 Å². The second-order valence-corrected chi connectivity index (χ2v) is 8.43. The lowest BCUT2D eigenvalue weighted by atomic mass is 10.1.